The van der Waals surface area contributed by atoms with E-state index in [-0.39, 0.29) is 0 Å². The number of benzene rings is 5. The van der Waals surface area contributed by atoms with Gasteiger partial charge in [-0.15, -0.1) is 0 Å². The molecule has 1 heterocycles. The Hall–Kier alpha value is -4.87. The van der Waals surface area contributed by atoms with Crippen LogP contribution >= 0.6 is 0 Å². The summed E-state index contributed by atoms with van der Waals surface area (Å²) in [5.41, 5.74) is 8.08. The second-order valence-electron chi connectivity index (χ2n) is 8.90. The van der Waals surface area contributed by atoms with Gasteiger partial charge in [-0.3, -0.25) is 0 Å². The van der Waals surface area contributed by atoms with Crippen molar-refractivity contribution in [2.75, 3.05) is 0 Å². The number of allylic oxidation sites excluding steroid dienone is 3. The Bertz CT molecular complexity index is 1830. The molecule has 2 heteroatoms. The van der Waals surface area contributed by atoms with E-state index in [4.69, 9.17) is 4.42 Å². The van der Waals surface area contributed by atoms with Gasteiger partial charge in [0.1, 0.15) is 11.2 Å². The molecule has 0 saturated carbocycles. The second kappa shape index (κ2) is 9.06. The first-order valence-electron chi connectivity index (χ1n) is 12.0. The van der Waals surface area contributed by atoms with Crippen LogP contribution in [-0.2, 0) is 6.42 Å². The molecule has 0 fully saturated rings. The molecular formula is C34H23NO. The minimum atomic E-state index is 0.587. The van der Waals surface area contributed by atoms with Gasteiger partial charge in [-0.2, -0.15) is 5.26 Å². The molecule has 0 amide bonds. The lowest BCUT2D eigenvalue weighted by Gasteiger charge is -2.10. The average molecular weight is 462 g/mol. The normalized spacial score (nSPS) is 11.7. The van der Waals surface area contributed by atoms with Crippen molar-refractivity contribution < 1.29 is 4.42 Å². The van der Waals surface area contributed by atoms with Gasteiger partial charge in [0.25, 0.3) is 0 Å². The maximum Gasteiger partial charge on any atom is 0.136 e. The average Bonchev–Trinajstić information content (AvgIpc) is 3.32. The highest BCUT2D eigenvalue weighted by Gasteiger charge is 2.15. The van der Waals surface area contributed by atoms with E-state index in [1.54, 1.807) is 6.08 Å². The fourth-order valence-corrected chi connectivity index (χ4v) is 4.96. The lowest BCUT2D eigenvalue weighted by Crippen LogP contribution is -1.87. The Kier molecular flexibility index (Phi) is 5.45. The number of fused-ring (bicyclic) bond motifs is 5. The van der Waals surface area contributed by atoms with Crippen LogP contribution in [0, 0.1) is 11.3 Å². The van der Waals surface area contributed by atoms with Crippen LogP contribution < -0.4 is 0 Å². The van der Waals surface area contributed by atoms with Crippen LogP contribution in [0.4, 0.5) is 0 Å². The largest absolute Gasteiger partial charge is 0.456 e. The first kappa shape index (κ1) is 21.6. The third-order valence-electron chi connectivity index (χ3n) is 6.73. The topological polar surface area (TPSA) is 36.9 Å². The monoisotopic (exact) mass is 461 g/mol. The Balaban J connectivity index is 1.53. The summed E-state index contributed by atoms with van der Waals surface area (Å²) in [5, 5.41) is 13.8. The van der Waals surface area contributed by atoms with Crippen molar-refractivity contribution >= 4 is 32.7 Å². The Morgan fingerprint density at radius 3 is 2.31 bits per heavy atom. The lowest BCUT2D eigenvalue weighted by atomic mass is 9.93. The van der Waals surface area contributed by atoms with Gasteiger partial charge >= 0.3 is 0 Å². The molecular weight excluding hydrogens is 438 g/mol. The van der Waals surface area contributed by atoms with E-state index < -0.39 is 0 Å². The summed E-state index contributed by atoms with van der Waals surface area (Å²) in [4.78, 5) is 0. The third-order valence-corrected chi connectivity index (χ3v) is 6.73. The van der Waals surface area contributed by atoms with Crippen molar-refractivity contribution in [3.63, 3.8) is 0 Å². The highest BCUT2D eigenvalue weighted by atomic mass is 16.3. The van der Waals surface area contributed by atoms with E-state index in [9.17, 15) is 5.26 Å². The van der Waals surface area contributed by atoms with Crippen LogP contribution in [0.25, 0.3) is 55.0 Å². The third kappa shape index (κ3) is 3.78. The van der Waals surface area contributed by atoms with E-state index >= 15 is 0 Å². The Morgan fingerprint density at radius 2 is 1.50 bits per heavy atom. The van der Waals surface area contributed by atoms with Crippen molar-refractivity contribution in [3.05, 3.63) is 133 Å². The molecule has 5 aromatic carbocycles. The summed E-state index contributed by atoms with van der Waals surface area (Å²) < 4.78 is 6.47. The molecule has 0 aliphatic carbocycles. The molecule has 0 aliphatic heterocycles. The molecule has 0 N–H and O–H groups in total. The molecule has 170 valence electrons. The standard InChI is InChI=1S/C34H23NO/c1-2-23(22-35)15-16-24-9-8-12-27(19-24)31-21-33-34(29-14-7-6-13-28(29)31)30-18-17-26(20-32(30)36-33)25-10-4-3-5-11-25/h2-15,17-21H,1,16H2/b23-15+. The molecule has 6 aromatic rings. The number of hydrogen-bond donors (Lipinski definition) is 0. The summed E-state index contributed by atoms with van der Waals surface area (Å²) in [5.74, 6) is 0. The van der Waals surface area contributed by atoms with Crippen molar-refractivity contribution in [3.8, 4) is 28.3 Å². The zero-order valence-corrected chi connectivity index (χ0v) is 19.7. The summed E-state index contributed by atoms with van der Waals surface area (Å²) in [6, 6.07) is 38.2. The molecule has 0 bridgehead atoms. The first-order chi connectivity index (χ1) is 17.7. The van der Waals surface area contributed by atoms with Crippen molar-refractivity contribution in [2.24, 2.45) is 0 Å². The van der Waals surface area contributed by atoms with Gasteiger partial charge in [0.15, 0.2) is 0 Å². The molecule has 0 saturated heterocycles. The minimum Gasteiger partial charge on any atom is -0.456 e. The molecule has 36 heavy (non-hydrogen) atoms. The van der Waals surface area contributed by atoms with Gasteiger partial charge in [-0.1, -0.05) is 104 Å². The lowest BCUT2D eigenvalue weighted by molar-refractivity contribution is 0.669. The van der Waals surface area contributed by atoms with Crippen LogP contribution in [0.1, 0.15) is 5.56 Å². The van der Waals surface area contributed by atoms with Crippen molar-refractivity contribution in [1.82, 2.24) is 0 Å². The van der Waals surface area contributed by atoms with Crippen molar-refractivity contribution in [1.29, 1.82) is 5.26 Å². The highest BCUT2D eigenvalue weighted by molar-refractivity contribution is 6.22. The van der Waals surface area contributed by atoms with E-state index in [0.717, 1.165) is 44.2 Å². The summed E-state index contributed by atoms with van der Waals surface area (Å²) in [6.07, 6.45) is 4.18. The van der Waals surface area contributed by atoms with E-state index in [2.05, 4.69) is 110 Å². The molecule has 0 atom stereocenters. The van der Waals surface area contributed by atoms with E-state index in [0.29, 0.717) is 12.0 Å². The Morgan fingerprint density at radius 1 is 0.722 bits per heavy atom. The summed E-state index contributed by atoms with van der Waals surface area (Å²) >= 11 is 0. The van der Waals surface area contributed by atoms with Crippen LogP contribution in [0.3, 0.4) is 0 Å². The fourth-order valence-electron chi connectivity index (χ4n) is 4.96. The number of nitriles is 1. The van der Waals surface area contributed by atoms with Crippen LogP contribution in [-0.4, -0.2) is 0 Å². The van der Waals surface area contributed by atoms with Crippen LogP contribution in [0.15, 0.2) is 132 Å². The SMILES string of the molecule is C=C/C(C#N)=C\Cc1cccc(-c2cc3oc4cc(-c5ccccc5)ccc4c3c3ccccc23)c1. The first-order valence-corrected chi connectivity index (χ1v) is 12.0. The van der Waals surface area contributed by atoms with Gasteiger partial charge in [-0.25, -0.2) is 0 Å². The zero-order valence-electron chi connectivity index (χ0n) is 19.7. The zero-order chi connectivity index (χ0) is 24.5. The molecule has 0 unspecified atom stereocenters. The van der Waals surface area contributed by atoms with Gasteiger partial charge < -0.3 is 4.42 Å². The van der Waals surface area contributed by atoms with Crippen molar-refractivity contribution in [2.45, 2.75) is 6.42 Å². The van der Waals surface area contributed by atoms with Gasteiger partial charge in [0.2, 0.25) is 0 Å². The number of hydrogen-bond acceptors (Lipinski definition) is 2. The smallest absolute Gasteiger partial charge is 0.136 e. The number of rotatable bonds is 5. The van der Waals surface area contributed by atoms with E-state index in [1.165, 1.54) is 16.3 Å². The van der Waals surface area contributed by atoms with Gasteiger partial charge in [0.05, 0.1) is 6.07 Å². The Labute approximate surface area is 210 Å². The number of furan rings is 1. The minimum absolute atomic E-state index is 0.587. The second-order valence-corrected chi connectivity index (χ2v) is 8.90. The van der Waals surface area contributed by atoms with Gasteiger partial charge in [0, 0.05) is 16.3 Å². The highest BCUT2D eigenvalue weighted by Crippen LogP contribution is 2.41. The molecule has 2 nitrogen and oxygen atoms in total. The summed E-state index contributed by atoms with van der Waals surface area (Å²) in [6.45, 7) is 3.71. The fraction of sp³-hybridized carbons (Fsp3) is 0.0294. The molecule has 0 spiro atoms. The maximum absolute atomic E-state index is 9.20. The predicted molar refractivity (Wildman–Crippen MR) is 150 cm³/mol. The predicted octanol–water partition coefficient (Wildman–Crippen LogP) is 9.25. The van der Waals surface area contributed by atoms with Crippen LogP contribution in [0.2, 0.25) is 0 Å². The molecule has 6 rings (SSSR count). The molecule has 1 aromatic heterocycles. The maximum atomic E-state index is 9.20. The quantitative estimate of drug-likeness (QED) is 0.189. The molecule has 0 radical (unpaired) electrons. The summed E-state index contributed by atoms with van der Waals surface area (Å²) in [7, 11) is 0. The van der Waals surface area contributed by atoms with E-state index in [1.807, 2.05) is 12.1 Å². The van der Waals surface area contributed by atoms with Gasteiger partial charge in [-0.05, 0) is 63.2 Å². The molecule has 0 aliphatic rings. The number of nitrogens with zero attached hydrogens (tertiary/aromatic N) is 1. The van der Waals surface area contributed by atoms with Crippen LogP contribution in [0.5, 0.6) is 0 Å².